The maximum Gasteiger partial charge on any atom is 0.411 e. The summed E-state index contributed by atoms with van der Waals surface area (Å²) in [5.74, 6) is -0.498. The second-order valence-electron chi connectivity index (χ2n) is 7.90. The van der Waals surface area contributed by atoms with Crippen molar-refractivity contribution in [3.63, 3.8) is 0 Å². The van der Waals surface area contributed by atoms with E-state index in [4.69, 9.17) is 4.74 Å². The maximum absolute atomic E-state index is 14.0. The van der Waals surface area contributed by atoms with Gasteiger partial charge in [0.15, 0.2) is 5.60 Å². The highest BCUT2D eigenvalue weighted by Crippen LogP contribution is 2.45. The van der Waals surface area contributed by atoms with Crippen LogP contribution in [0.1, 0.15) is 11.1 Å². The fraction of sp³-hybridized carbons (Fsp3) is 0.200. The summed E-state index contributed by atoms with van der Waals surface area (Å²) >= 11 is 0. The van der Waals surface area contributed by atoms with Crippen molar-refractivity contribution in [2.75, 3.05) is 25.0 Å². The minimum Gasteiger partial charge on any atom is -0.431 e. The zero-order valence-electron chi connectivity index (χ0n) is 17.3. The number of nitrogens with one attached hydrogen (secondary N) is 1. The Hall–Kier alpha value is -3.87. The second-order valence-corrected chi connectivity index (χ2v) is 7.90. The van der Waals surface area contributed by atoms with Gasteiger partial charge in [0.1, 0.15) is 11.9 Å². The van der Waals surface area contributed by atoms with Gasteiger partial charge in [-0.15, -0.1) is 0 Å². The van der Waals surface area contributed by atoms with Crippen LogP contribution in [-0.4, -0.2) is 47.6 Å². The van der Waals surface area contributed by atoms with E-state index in [9.17, 15) is 14.0 Å². The predicted octanol–water partition coefficient (Wildman–Crippen LogP) is 4.44. The number of carbonyl (C=O) groups is 2. The molecule has 1 unspecified atom stereocenters. The van der Waals surface area contributed by atoms with E-state index in [-0.39, 0.29) is 12.2 Å². The van der Waals surface area contributed by atoms with E-state index in [1.807, 2.05) is 60.7 Å². The number of para-hydroxylation sites is 1. The molecule has 0 aliphatic carbocycles. The average molecular weight is 431 g/mol. The van der Waals surface area contributed by atoms with Crippen LogP contribution in [0, 0.1) is 5.82 Å². The molecule has 32 heavy (non-hydrogen) atoms. The van der Waals surface area contributed by atoms with Crippen molar-refractivity contribution in [3.05, 3.63) is 102 Å². The molecule has 2 aliphatic heterocycles. The Morgan fingerprint density at radius 3 is 2.12 bits per heavy atom. The first-order valence-corrected chi connectivity index (χ1v) is 10.5. The van der Waals surface area contributed by atoms with E-state index in [1.165, 1.54) is 12.1 Å². The number of ether oxygens (including phenoxy) is 1. The van der Waals surface area contributed by atoms with Crippen LogP contribution in [0.3, 0.4) is 0 Å². The van der Waals surface area contributed by atoms with Crippen LogP contribution in [0.15, 0.2) is 84.9 Å². The van der Waals surface area contributed by atoms with Gasteiger partial charge in [0.25, 0.3) is 0 Å². The Kier molecular flexibility index (Phi) is 5.01. The zero-order valence-corrected chi connectivity index (χ0v) is 17.3. The summed E-state index contributed by atoms with van der Waals surface area (Å²) in [7, 11) is 0. The second kappa shape index (κ2) is 8.00. The third-order valence-corrected chi connectivity index (χ3v) is 6.14. The van der Waals surface area contributed by atoms with Crippen LogP contribution in [0.25, 0.3) is 0 Å². The van der Waals surface area contributed by atoms with E-state index < -0.39 is 29.6 Å². The summed E-state index contributed by atoms with van der Waals surface area (Å²) < 4.78 is 20.1. The van der Waals surface area contributed by atoms with Crippen molar-refractivity contribution < 1.29 is 18.7 Å². The van der Waals surface area contributed by atoms with E-state index in [2.05, 4.69) is 5.32 Å². The molecule has 1 N–H and O–H groups in total. The largest absolute Gasteiger partial charge is 0.431 e. The molecule has 2 heterocycles. The molecule has 0 spiro atoms. The van der Waals surface area contributed by atoms with Gasteiger partial charge in [0.05, 0.1) is 5.69 Å². The average Bonchev–Trinajstić information content (AvgIpc) is 3.14. The van der Waals surface area contributed by atoms with Crippen molar-refractivity contribution in [1.29, 1.82) is 0 Å². The smallest absolute Gasteiger partial charge is 0.411 e. The minimum absolute atomic E-state index is 0.121. The number of nitrogens with zero attached hydrogens (tertiary/aromatic N) is 2. The quantitative estimate of drug-likeness (QED) is 0.667. The fourth-order valence-electron chi connectivity index (χ4n) is 4.60. The molecule has 3 aromatic carbocycles. The summed E-state index contributed by atoms with van der Waals surface area (Å²) in [5.41, 5.74) is 0.735. The first kappa shape index (κ1) is 20.1. The molecular weight excluding hydrogens is 409 g/mol. The molecule has 0 aromatic heterocycles. The van der Waals surface area contributed by atoms with E-state index >= 15 is 0 Å². The summed E-state index contributed by atoms with van der Waals surface area (Å²) in [6.07, 6.45) is -0.406. The lowest BCUT2D eigenvalue weighted by molar-refractivity contribution is 0.0525. The van der Waals surface area contributed by atoms with Crippen molar-refractivity contribution in [2.24, 2.45) is 0 Å². The standard InChI is InChI=1S/C25H22FN3O3/c26-20-13-7-8-14-21(20)27-23(30)28-15-16-29-22(17-28)25(32-24(29)31,18-9-3-1-4-10-18)19-11-5-2-6-12-19/h1-14,22H,15-17H2,(H,27,30). The van der Waals surface area contributed by atoms with Crippen LogP contribution in [-0.2, 0) is 10.3 Å². The molecule has 2 fully saturated rings. The maximum atomic E-state index is 14.0. The normalized spacial score (nSPS) is 19.3. The van der Waals surface area contributed by atoms with E-state index in [0.29, 0.717) is 13.1 Å². The molecule has 3 amide bonds. The lowest BCUT2D eigenvalue weighted by atomic mass is 9.79. The van der Waals surface area contributed by atoms with Crippen LogP contribution in [0.4, 0.5) is 19.7 Å². The van der Waals surface area contributed by atoms with Gasteiger partial charge in [-0.1, -0.05) is 72.8 Å². The van der Waals surface area contributed by atoms with Crippen LogP contribution < -0.4 is 5.32 Å². The number of carbonyl (C=O) groups excluding carboxylic acids is 2. The number of halogens is 1. The number of rotatable bonds is 3. The molecule has 2 aliphatic rings. The molecule has 0 saturated carbocycles. The Balaban J connectivity index is 1.51. The van der Waals surface area contributed by atoms with Crippen LogP contribution in [0.2, 0.25) is 0 Å². The number of benzene rings is 3. The van der Waals surface area contributed by atoms with Gasteiger partial charge in [-0.25, -0.2) is 14.0 Å². The van der Waals surface area contributed by atoms with Gasteiger partial charge in [-0.2, -0.15) is 0 Å². The van der Waals surface area contributed by atoms with Gasteiger partial charge >= 0.3 is 12.1 Å². The van der Waals surface area contributed by atoms with Gasteiger partial charge < -0.3 is 15.0 Å². The summed E-state index contributed by atoms with van der Waals surface area (Å²) in [6.45, 7) is 0.900. The molecule has 0 radical (unpaired) electrons. The highest BCUT2D eigenvalue weighted by Gasteiger charge is 2.58. The molecule has 6 nitrogen and oxygen atoms in total. The third-order valence-electron chi connectivity index (χ3n) is 6.14. The van der Waals surface area contributed by atoms with Gasteiger partial charge in [-0.05, 0) is 12.1 Å². The topological polar surface area (TPSA) is 61.9 Å². The first-order chi connectivity index (χ1) is 15.6. The Morgan fingerprint density at radius 2 is 1.50 bits per heavy atom. The predicted molar refractivity (Wildman–Crippen MR) is 118 cm³/mol. The van der Waals surface area contributed by atoms with Crippen molar-refractivity contribution in [2.45, 2.75) is 11.6 Å². The lowest BCUT2D eigenvalue weighted by Gasteiger charge is -2.42. The summed E-state index contributed by atoms with van der Waals surface area (Å²) in [6, 6.07) is 24.4. The summed E-state index contributed by atoms with van der Waals surface area (Å²) in [5, 5.41) is 2.65. The molecule has 162 valence electrons. The minimum atomic E-state index is -1.06. The SMILES string of the molecule is O=C(Nc1ccccc1F)N1CCN2C(=O)OC(c3ccccc3)(c3ccccc3)C2C1. The molecule has 0 bridgehead atoms. The summed E-state index contributed by atoms with van der Waals surface area (Å²) in [4.78, 5) is 29.2. The van der Waals surface area contributed by atoms with Crippen molar-refractivity contribution in [3.8, 4) is 0 Å². The Labute approximate surface area is 185 Å². The van der Waals surface area contributed by atoms with E-state index in [1.54, 1.807) is 21.9 Å². The number of amides is 3. The first-order valence-electron chi connectivity index (χ1n) is 10.5. The number of cyclic esters (lactones) is 1. The fourth-order valence-corrected chi connectivity index (χ4v) is 4.60. The Morgan fingerprint density at radius 1 is 0.906 bits per heavy atom. The number of urea groups is 1. The van der Waals surface area contributed by atoms with Gasteiger partial charge in [0.2, 0.25) is 0 Å². The zero-order chi connectivity index (χ0) is 22.1. The monoisotopic (exact) mass is 431 g/mol. The molecule has 5 rings (SSSR count). The van der Waals surface area contributed by atoms with E-state index in [0.717, 1.165) is 11.1 Å². The number of fused-ring (bicyclic) bond motifs is 1. The number of piperazine rings is 1. The van der Waals surface area contributed by atoms with Gasteiger partial charge in [0, 0.05) is 30.8 Å². The number of hydrogen-bond acceptors (Lipinski definition) is 3. The molecule has 2 saturated heterocycles. The van der Waals surface area contributed by atoms with Crippen molar-refractivity contribution >= 4 is 17.8 Å². The van der Waals surface area contributed by atoms with Crippen LogP contribution >= 0.6 is 0 Å². The molecule has 7 heteroatoms. The third kappa shape index (κ3) is 3.26. The van der Waals surface area contributed by atoms with Crippen molar-refractivity contribution in [1.82, 2.24) is 9.80 Å². The number of anilines is 1. The highest BCUT2D eigenvalue weighted by molar-refractivity contribution is 5.90. The Bertz CT molecular complexity index is 1100. The molecular formula is C25H22FN3O3. The molecule has 1 atom stereocenters. The van der Waals surface area contributed by atoms with Crippen LogP contribution in [0.5, 0.6) is 0 Å². The number of hydrogen-bond donors (Lipinski definition) is 1. The highest BCUT2D eigenvalue weighted by atomic mass is 19.1. The lowest BCUT2D eigenvalue weighted by Crippen LogP contribution is -2.59. The molecule has 3 aromatic rings. The van der Waals surface area contributed by atoms with Gasteiger partial charge in [-0.3, -0.25) is 4.90 Å².